The highest BCUT2D eigenvalue weighted by Crippen LogP contribution is 2.20. The van der Waals surface area contributed by atoms with Gasteiger partial charge in [0.1, 0.15) is 0 Å². The molecule has 1 fully saturated rings. The van der Waals surface area contributed by atoms with Crippen LogP contribution in [0.1, 0.15) is 44.7 Å². The summed E-state index contributed by atoms with van der Waals surface area (Å²) in [6, 6.07) is -0.179. The summed E-state index contributed by atoms with van der Waals surface area (Å²) in [5.74, 6) is 0.293. The molecule has 5 heteroatoms. The standard InChI is InChI=1S/C14H20N2O2S/c1-2-13(17)12-5-3-4-8-16(12)14(18)7-6-11-9-19-10-15-11/h9-10,12H,2-8H2,1H3. The fourth-order valence-corrected chi connectivity index (χ4v) is 3.13. The lowest BCUT2D eigenvalue weighted by atomic mass is 9.96. The number of Topliss-reactive ketones (excluding diaryl/α,β-unsaturated/α-hetero) is 1. The van der Waals surface area contributed by atoms with E-state index >= 15 is 0 Å². The number of piperidine rings is 1. The molecule has 1 atom stereocenters. The predicted molar refractivity (Wildman–Crippen MR) is 75.1 cm³/mol. The van der Waals surface area contributed by atoms with Gasteiger partial charge in [-0.1, -0.05) is 6.92 Å². The Morgan fingerprint density at radius 1 is 1.47 bits per heavy atom. The van der Waals surface area contributed by atoms with E-state index in [-0.39, 0.29) is 17.7 Å². The lowest BCUT2D eigenvalue weighted by Gasteiger charge is -2.34. The zero-order valence-electron chi connectivity index (χ0n) is 11.3. The Bertz CT molecular complexity index is 431. The molecular formula is C14H20N2O2S. The van der Waals surface area contributed by atoms with E-state index in [1.165, 1.54) is 0 Å². The van der Waals surface area contributed by atoms with Gasteiger partial charge in [-0.3, -0.25) is 9.59 Å². The second-order valence-electron chi connectivity index (χ2n) is 4.90. The van der Waals surface area contributed by atoms with Gasteiger partial charge in [-0.15, -0.1) is 11.3 Å². The first kappa shape index (κ1) is 14.2. The van der Waals surface area contributed by atoms with E-state index in [1.54, 1.807) is 21.7 Å². The summed E-state index contributed by atoms with van der Waals surface area (Å²) in [5, 5.41) is 1.97. The van der Waals surface area contributed by atoms with Gasteiger partial charge < -0.3 is 4.90 Å². The third-order valence-corrected chi connectivity index (χ3v) is 4.26. The van der Waals surface area contributed by atoms with Crippen molar-refractivity contribution in [1.29, 1.82) is 0 Å². The summed E-state index contributed by atoms with van der Waals surface area (Å²) in [6.45, 7) is 2.60. The fraction of sp³-hybridized carbons (Fsp3) is 0.643. The average molecular weight is 280 g/mol. The Balaban J connectivity index is 1.93. The second-order valence-corrected chi connectivity index (χ2v) is 5.62. The van der Waals surface area contributed by atoms with Crippen molar-refractivity contribution < 1.29 is 9.59 Å². The zero-order valence-corrected chi connectivity index (χ0v) is 12.1. The van der Waals surface area contributed by atoms with Crippen LogP contribution in [0.2, 0.25) is 0 Å². The molecule has 0 N–H and O–H groups in total. The molecule has 1 aliphatic heterocycles. The second kappa shape index (κ2) is 6.80. The van der Waals surface area contributed by atoms with Crippen LogP contribution in [0.5, 0.6) is 0 Å². The van der Waals surface area contributed by atoms with Crippen molar-refractivity contribution in [3.05, 3.63) is 16.6 Å². The van der Waals surface area contributed by atoms with Crippen LogP contribution >= 0.6 is 11.3 Å². The quantitative estimate of drug-likeness (QED) is 0.832. The number of hydrogen-bond acceptors (Lipinski definition) is 4. The van der Waals surface area contributed by atoms with Crippen LogP contribution in [-0.2, 0) is 16.0 Å². The molecule has 1 saturated heterocycles. The third-order valence-electron chi connectivity index (χ3n) is 3.62. The minimum atomic E-state index is -0.179. The topological polar surface area (TPSA) is 50.3 Å². The highest BCUT2D eigenvalue weighted by Gasteiger charge is 2.30. The van der Waals surface area contributed by atoms with Crippen LogP contribution in [0.15, 0.2) is 10.9 Å². The first-order chi connectivity index (χ1) is 9.22. The van der Waals surface area contributed by atoms with Gasteiger partial charge in [-0.05, 0) is 25.7 Å². The molecule has 104 valence electrons. The number of rotatable bonds is 5. The first-order valence-corrected chi connectivity index (χ1v) is 7.86. The van der Waals surface area contributed by atoms with Crippen molar-refractivity contribution in [2.24, 2.45) is 0 Å². The summed E-state index contributed by atoms with van der Waals surface area (Å²) >= 11 is 1.55. The Morgan fingerprint density at radius 3 is 3.00 bits per heavy atom. The maximum atomic E-state index is 12.3. The van der Waals surface area contributed by atoms with Crippen LogP contribution in [-0.4, -0.2) is 34.2 Å². The third kappa shape index (κ3) is 3.62. The molecule has 1 amide bonds. The number of carbonyl (C=O) groups is 2. The average Bonchev–Trinajstić information content (AvgIpc) is 2.97. The van der Waals surface area contributed by atoms with Crippen molar-refractivity contribution in [2.75, 3.05) is 6.54 Å². The molecule has 0 aliphatic carbocycles. The Labute approximate surface area is 117 Å². The number of hydrogen-bond donors (Lipinski definition) is 0. The summed E-state index contributed by atoms with van der Waals surface area (Å²) in [7, 11) is 0. The Kier molecular flexibility index (Phi) is 5.07. The van der Waals surface area contributed by atoms with Crippen LogP contribution in [0.3, 0.4) is 0 Å². The van der Waals surface area contributed by atoms with E-state index in [2.05, 4.69) is 4.98 Å². The SMILES string of the molecule is CCC(=O)C1CCCCN1C(=O)CCc1cscn1. The lowest BCUT2D eigenvalue weighted by molar-refractivity contribution is -0.141. The first-order valence-electron chi connectivity index (χ1n) is 6.91. The van der Waals surface area contributed by atoms with Crippen LogP contribution in [0.25, 0.3) is 0 Å². The maximum absolute atomic E-state index is 12.3. The van der Waals surface area contributed by atoms with E-state index in [0.717, 1.165) is 31.5 Å². The molecular weight excluding hydrogens is 260 g/mol. The molecule has 0 aromatic carbocycles. The minimum Gasteiger partial charge on any atom is -0.333 e. The van der Waals surface area contributed by atoms with E-state index in [0.29, 0.717) is 19.3 Å². The molecule has 0 spiro atoms. The molecule has 19 heavy (non-hydrogen) atoms. The van der Waals surface area contributed by atoms with Gasteiger partial charge in [0.15, 0.2) is 5.78 Å². The van der Waals surface area contributed by atoms with Gasteiger partial charge in [-0.2, -0.15) is 0 Å². The normalized spacial score (nSPS) is 19.4. The Hall–Kier alpha value is -1.23. The molecule has 1 aliphatic rings. The number of nitrogens with zero attached hydrogens (tertiary/aromatic N) is 2. The van der Waals surface area contributed by atoms with Gasteiger partial charge in [0.25, 0.3) is 0 Å². The fourth-order valence-electron chi connectivity index (χ4n) is 2.54. The largest absolute Gasteiger partial charge is 0.333 e. The molecule has 2 rings (SSSR count). The number of likely N-dealkylation sites (tertiary alicyclic amines) is 1. The number of carbonyl (C=O) groups excluding carboxylic acids is 2. The Morgan fingerprint density at radius 2 is 2.32 bits per heavy atom. The van der Waals surface area contributed by atoms with Crippen molar-refractivity contribution in [3.63, 3.8) is 0 Å². The predicted octanol–water partition coefficient (Wildman–Crippen LogP) is 2.44. The van der Waals surface area contributed by atoms with E-state index in [1.807, 2.05) is 12.3 Å². The molecule has 0 bridgehead atoms. The molecule has 1 aromatic heterocycles. The van der Waals surface area contributed by atoms with Gasteiger partial charge in [0.05, 0.1) is 17.2 Å². The maximum Gasteiger partial charge on any atom is 0.223 e. The van der Waals surface area contributed by atoms with Crippen molar-refractivity contribution >= 4 is 23.0 Å². The van der Waals surface area contributed by atoms with Crippen molar-refractivity contribution in [2.45, 2.75) is 51.5 Å². The number of ketones is 1. The molecule has 1 unspecified atom stereocenters. The number of aryl methyl sites for hydroxylation is 1. The zero-order chi connectivity index (χ0) is 13.7. The highest BCUT2D eigenvalue weighted by molar-refractivity contribution is 7.07. The van der Waals surface area contributed by atoms with Crippen LogP contribution in [0.4, 0.5) is 0 Å². The van der Waals surface area contributed by atoms with Crippen LogP contribution < -0.4 is 0 Å². The summed E-state index contributed by atoms with van der Waals surface area (Å²) in [4.78, 5) is 30.2. The number of amides is 1. The van der Waals surface area contributed by atoms with E-state index in [4.69, 9.17) is 0 Å². The van der Waals surface area contributed by atoms with E-state index in [9.17, 15) is 9.59 Å². The van der Waals surface area contributed by atoms with Crippen LogP contribution in [0, 0.1) is 0 Å². The summed E-state index contributed by atoms with van der Waals surface area (Å²) in [5.41, 5.74) is 2.75. The van der Waals surface area contributed by atoms with E-state index < -0.39 is 0 Å². The molecule has 4 nitrogen and oxygen atoms in total. The summed E-state index contributed by atoms with van der Waals surface area (Å²) in [6.07, 6.45) is 4.53. The minimum absolute atomic E-state index is 0.0968. The monoisotopic (exact) mass is 280 g/mol. The number of aromatic nitrogens is 1. The number of thiazole rings is 1. The van der Waals surface area contributed by atoms with Gasteiger partial charge in [-0.25, -0.2) is 4.98 Å². The molecule has 2 heterocycles. The van der Waals surface area contributed by atoms with Crippen molar-refractivity contribution in [1.82, 2.24) is 9.88 Å². The highest BCUT2D eigenvalue weighted by atomic mass is 32.1. The molecule has 0 radical (unpaired) electrons. The van der Waals surface area contributed by atoms with Gasteiger partial charge >= 0.3 is 0 Å². The van der Waals surface area contributed by atoms with Crippen molar-refractivity contribution in [3.8, 4) is 0 Å². The van der Waals surface area contributed by atoms with Gasteiger partial charge in [0, 0.05) is 24.8 Å². The molecule has 1 aromatic rings. The summed E-state index contributed by atoms with van der Waals surface area (Å²) < 4.78 is 0. The van der Waals surface area contributed by atoms with Gasteiger partial charge in [0.2, 0.25) is 5.91 Å². The lowest BCUT2D eigenvalue weighted by Crippen LogP contribution is -2.47. The molecule has 0 saturated carbocycles. The smallest absolute Gasteiger partial charge is 0.223 e.